The molecule has 0 aliphatic rings. The van der Waals surface area contributed by atoms with Crippen LogP contribution >= 0.6 is 0 Å². The highest BCUT2D eigenvalue weighted by Gasteiger charge is 2.32. The number of hydrogen-bond donors (Lipinski definition) is 1. The van der Waals surface area contributed by atoms with Crippen molar-refractivity contribution in [2.45, 2.75) is 58.9 Å². The highest BCUT2D eigenvalue weighted by molar-refractivity contribution is 6.64. The second kappa shape index (κ2) is 5.85. The maximum atomic E-state index is 6.05. The van der Waals surface area contributed by atoms with Crippen molar-refractivity contribution in [1.29, 1.82) is 0 Å². The Morgan fingerprint density at radius 3 is 2.29 bits per heavy atom. The van der Waals surface area contributed by atoms with Gasteiger partial charge >= 0.3 is 8.56 Å². The zero-order valence-electron chi connectivity index (χ0n) is 10.2. The molecule has 0 saturated carbocycles. The number of unbranched alkanes of at least 4 members (excludes halogenated alkanes) is 1. The molecule has 1 atom stereocenters. The molecular formula is C10H25NO2Si. The molecule has 0 heterocycles. The van der Waals surface area contributed by atoms with Crippen LogP contribution in [0.1, 0.15) is 40.0 Å². The number of hydrogen-bond acceptors (Lipinski definition) is 3. The Labute approximate surface area is 89.2 Å². The summed E-state index contributed by atoms with van der Waals surface area (Å²) in [6, 6.07) is 0. The van der Waals surface area contributed by atoms with Crippen molar-refractivity contribution in [2.24, 2.45) is 5.73 Å². The molecule has 0 rings (SSSR count). The average molecular weight is 219 g/mol. The topological polar surface area (TPSA) is 44.5 Å². The van der Waals surface area contributed by atoms with Crippen LogP contribution < -0.4 is 5.73 Å². The predicted molar refractivity (Wildman–Crippen MR) is 62.3 cm³/mol. The zero-order valence-corrected chi connectivity index (χ0v) is 11.2. The summed E-state index contributed by atoms with van der Waals surface area (Å²) < 4.78 is 11.4. The summed E-state index contributed by atoms with van der Waals surface area (Å²) in [5.41, 5.74) is 5.52. The third-order valence-corrected chi connectivity index (χ3v) is 3.94. The van der Waals surface area contributed by atoms with Gasteiger partial charge in [0.2, 0.25) is 0 Å². The quantitative estimate of drug-likeness (QED) is 0.529. The largest absolute Gasteiger partial charge is 0.395 e. The fourth-order valence-corrected chi connectivity index (χ4v) is 3.50. The number of nitrogens with two attached hydrogens (primary N) is 1. The molecule has 14 heavy (non-hydrogen) atoms. The Bertz CT molecular complexity index is 160. The first kappa shape index (κ1) is 14.1. The van der Waals surface area contributed by atoms with Gasteiger partial charge in [0.15, 0.2) is 0 Å². The average Bonchev–Trinajstić information content (AvgIpc) is 1.98. The minimum atomic E-state index is -2.01. The van der Waals surface area contributed by atoms with Crippen LogP contribution in [0.5, 0.6) is 0 Å². The van der Waals surface area contributed by atoms with Crippen molar-refractivity contribution < 1.29 is 8.85 Å². The lowest BCUT2D eigenvalue weighted by Gasteiger charge is -2.34. The molecule has 3 nitrogen and oxygen atoms in total. The van der Waals surface area contributed by atoms with E-state index >= 15 is 0 Å². The summed E-state index contributed by atoms with van der Waals surface area (Å²) >= 11 is 0. The van der Waals surface area contributed by atoms with E-state index in [1.54, 1.807) is 0 Å². The molecule has 86 valence electrons. The van der Waals surface area contributed by atoms with Gasteiger partial charge in [0.1, 0.15) is 5.72 Å². The summed E-state index contributed by atoms with van der Waals surface area (Å²) in [5, 5.41) is 0. The SMILES string of the molecule is CCCCC(C)(N)O[Si](C)(C)OCC. The van der Waals surface area contributed by atoms with Crippen molar-refractivity contribution in [2.75, 3.05) is 6.61 Å². The van der Waals surface area contributed by atoms with Crippen LogP contribution in [0.2, 0.25) is 13.1 Å². The molecule has 0 aliphatic carbocycles. The van der Waals surface area contributed by atoms with Gasteiger partial charge in [0, 0.05) is 6.61 Å². The highest BCUT2D eigenvalue weighted by atomic mass is 28.4. The summed E-state index contributed by atoms with van der Waals surface area (Å²) in [4.78, 5) is 0. The lowest BCUT2D eigenvalue weighted by Crippen LogP contribution is -2.50. The molecule has 0 aromatic carbocycles. The second-order valence-corrected chi connectivity index (χ2v) is 7.64. The molecule has 1 unspecified atom stereocenters. The standard InChI is InChI=1S/C10H25NO2Si/c1-6-8-9-10(3,11)13-14(4,5)12-7-2/h6-9,11H2,1-5H3. The molecule has 0 aliphatic heterocycles. The van der Waals surface area contributed by atoms with Crippen molar-refractivity contribution in [1.82, 2.24) is 0 Å². The molecule has 0 bridgehead atoms. The van der Waals surface area contributed by atoms with E-state index in [0.29, 0.717) is 6.61 Å². The van der Waals surface area contributed by atoms with Gasteiger partial charge in [-0.15, -0.1) is 0 Å². The fraction of sp³-hybridized carbons (Fsp3) is 1.00. The Balaban J connectivity index is 4.05. The van der Waals surface area contributed by atoms with E-state index < -0.39 is 14.3 Å². The summed E-state index contributed by atoms with van der Waals surface area (Å²) in [6.07, 6.45) is 3.14. The lowest BCUT2D eigenvalue weighted by atomic mass is 10.1. The van der Waals surface area contributed by atoms with Crippen molar-refractivity contribution in [3.63, 3.8) is 0 Å². The van der Waals surface area contributed by atoms with Gasteiger partial charge < -0.3 is 14.6 Å². The maximum absolute atomic E-state index is 6.05. The fourth-order valence-electron chi connectivity index (χ4n) is 1.52. The van der Waals surface area contributed by atoms with Crippen molar-refractivity contribution in [3.8, 4) is 0 Å². The molecular weight excluding hydrogens is 194 g/mol. The van der Waals surface area contributed by atoms with Crippen LogP contribution in [0.25, 0.3) is 0 Å². The smallest absolute Gasteiger partial charge is 0.333 e. The van der Waals surface area contributed by atoms with Gasteiger partial charge in [0.25, 0.3) is 0 Å². The minimum absolute atomic E-state index is 0.527. The maximum Gasteiger partial charge on any atom is 0.333 e. The van der Waals surface area contributed by atoms with Crippen LogP contribution in [0, 0.1) is 0 Å². The van der Waals surface area contributed by atoms with Crippen LogP contribution in [0.4, 0.5) is 0 Å². The molecule has 0 aromatic rings. The molecule has 2 N–H and O–H groups in total. The van der Waals surface area contributed by atoms with Gasteiger partial charge in [-0.1, -0.05) is 13.3 Å². The van der Waals surface area contributed by atoms with E-state index in [1.807, 2.05) is 26.9 Å². The third-order valence-electron chi connectivity index (χ3n) is 2.00. The molecule has 0 amide bonds. The van der Waals surface area contributed by atoms with E-state index in [0.717, 1.165) is 19.3 Å². The second-order valence-electron chi connectivity index (χ2n) is 4.35. The first-order valence-corrected chi connectivity index (χ1v) is 8.27. The predicted octanol–water partition coefficient (Wildman–Crippen LogP) is 2.61. The van der Waals surface area contributed by atoms with Gasteiger partial charge in [0.05, 0.1) is 0 Å². The van der Waals surface area contributed by atoms with Crippen molar-refractivity contribution >= 4 is 8.56 Å². The number of rotatable bonds is 7. The van der Waals surface area contributed by atoms with Gasteiger partial charge in [-0.3, -0.25) is 0 Å². The molecule has 0 spiro atoms. The molecule has 0 saturated heterocycles. The molecule has 4 heteroatoms. The molecule has 0 radical (unpaired) electrons. The zero-order chi connectivity index (χ0) is 11.2. The minimum Gasteiger partial charge on any atom is -0.395 e. The van der Waals surface area contributed by atoms with Crippen LogP contribution in [0.3, 0.4) is 0 Å². The van der Waals surface area contributed by atoms with Crippen LogP contribution in [0.15, 0.2) is 0 Å². The summed E-state index contributed by atoms with van der Waals surface area (Å²) in [7, 11) is -2.01. The van der Waals surface area contributed by atoms with Crippen molar-refractivity contribution in [3.05, 3.63) is 0 Å². The van der Waals surface area contributed by atoms with E-state index in [2.05, 4.69) is 6.92 Å². The van der Waals surface area contributed by atoms with E-state index in [-0.39, 0.29) is 0 Å². The molecule has 0 aromatic heterocycles. The van der Waals surface area contributed by atoms with Gasteiger partial charge in [-0.25, -0.2) is 0 Å². The summed E-state index contributed by atoms with van der Waals surface area (Å²) in [6.45, 7) is 10.8. The van der Waals surface area contributed by atoms with E-state index in [9.17, 15) is 0 Å². The summed E-state index contributed by atoms with van der Waals surface area (Å²) in [5.74, 6) is 0. The lowest BCUT2D eigenvalue weighted by molar-refractivity contribution is 0.0371. The highest BCUT2D eigenvalue weighted by Crippen LogP contribution is 2.19. The van der Waals surface area contributed by atoms with Gasteiger partial charge in [-0.2, -0.15) is 0 Å². The third kappa shape index (κ3) is 6.54. The Kier molecular flexibility index (Phi) is 5.89. The van der Waals surface area contributed by atoms with E-state index in [4.69, 9.17) is 14.6 Å². The normalized spacial score (nSPS) is 16.7. The van der Waals surface area contributed by atoms with E-state index in [1.165, 1.54) is 0 Å². The first-order valence-electron chi connectivity index (χ1n) is 5.46. The Morgan fingerprint density at radius 1 is 1.29 bits per heavy atom. The Hall–Kier alpha value is 0.0969. The first-order chi connectivity index (χ1) is 6.33. The molecule has 0 fully saturated rings. The van der Waals surface area contributed by atoms with Crippen LogP contribution in [-0.4, -0.2) is 20.9 Å². The monoisotopic (exact) mass is 219 g/mol. The Morgan fingerprint density at radius 2 is 1.86 bits per heavy atom. The van der Waals surface area contributed by atoms with Crippen LogP contribution in [-0.2, 0) is 8.85 Å². The van der Waals surface area contributed by atoms with Gasteiger partial charge in [-0.05, 0) is 39.8 Å².